The maximum atomic E-state index is 12.6. The Kier molecular flexibility index (Phi) is 6.50. The van der Waals surface area contributed by atoms with Gasteiger partial charge in [-0.05, 0) is 59.3 Å². The molecule has 0 aromatic heterocycles. The first-order valence-corrected chi connectivity index (χ1v) is 12.5. The van der Waals surface area contributed by atoms with Crippen LogP contribution >= 0.6 is 0 Å². The number of carbonyl (C=O) groups is 3. The number of alkyl carbamates (subject to hydrolysis) is 1. The lowest BCUT2D eigenvalue weighted by Crippen LogP contribution is -2.50. The summed E-state index contributed by atoms with van der Waals surface area (Å²) in [6.45, 7) is 2.49. The van der Waals surface area contributed by atoms with Gasteiger partial charge in [-0.2, -0.15) is 0 Å². The maximum Gasteiger partial charge on any atom is 0.407 e. The fraction of sp³-hybridized carbons (Fsp3) is 0.464. The van der Waals surface area contributed by atoms with Gasteiger partial charge >= 0.3 is 12.1 Å². The molecule has 2 aromatic carbocycles. The molecule has 5 atom stereocenters. The van der Waals surface area contributed by atoms with Crippen LogP contribution in [0.3, 0.4) is 0 Å². The highest BCUT2D eigenvalue weighted by Gasteiger charge is 2.50. The van der Waals surface area contributed by atoms with Gasteiger partial charge in [0.1, 0.15) is 6.61 Å². The minimum absolute atomic E-state index is 0.00321. The number of hydrogen-bond donors (Lipinski definition) is 3. The number of carboxylic acid groups (broad SMARTS) is 1. The summed E-state index contributed by atoms with van der Waals surface area (Å²) in [5.41, 5.74) is 4.78. The van der Waals surface area contributed by atoms with Gasteiger partial charge < -0.3 is 20.5 Å². The van der Waals surface area contributed by atoms with Gasteiger partial charge in [0, 0.05) is 30.8 Å². The molecule has 3 aliphatic carbocycles. The van der Waals surface area contributed by atoms with E-state index in [4.69, 9.17) is 9.84 Å². The standard InChI is InChI=1S/C28H32N2O5/c1-16(10-26(31)32)14-29-27(33)18-11-17-13-25(23(17)12-18)30-28(34)35-15-24-21-8-4-2-6-19(21)20-7-3-5-9-22(20)24/h2-9,16-18,23-25H,10-15H2,1H3,(H,29,33)(H,30,34)(H,31,32)/t16?,17-,18?,23-,25+/m0/s1. The van der Waals surface area contributed by atoms with E-state index in [2.05, 4.69) is 34.9 Å². The Morgan fingerprint density at radius 1 is 1.00 bits per heavy atom. The van der Waals surface area contributed by atoms with Gasteiger partial charge in [-0.15, -0.1) is 0 Å². The molecule has 35 heavy (non-hydrogen) atoms. The summed E-state index contributed by atoms with van der Waals surface area (Å²) in [6.07, 6.45) is 2.09. The van der Waals surface area contributed by atoms with E-state index in [9.17, 15) is 14.4 Å². The summed E-state index contributed by atoms with van der Waals surface area (Å²) in [6, 6.07) is 16.6. The Labute approximate surface area is 205 Å². The molecule has 0 aliphatic heterocycles. The normalized spacial score (nSPS) is 24.9. The molecule has 0 radical (unpaired) electrons. The monoisotopic (exact) mass is 476 g/mol. The molecule has 2 unspecified atom stereocenters. The van der Waals surface area contributed by atoms with Crippen molar-refractivity contribution in [1.82, 2.24) is 10.6 Å². The second kappa shape index (κ2) is 9.72. The third kappa shape index (κ3) is 4.77. The maximum absolute atomic E-state index is 12.6. The van der Waals surface area contributed by atoms with Crippen LogP contribution < -0.4 is 10.6 Å². The Morgan fingerprint density at radius 2 is 1.66 bits per heavy atom. The molecule has 2 fully saturated rings. The average Bonchev–Trinajstić information content (AvgIpc) is 3.34. The minimum atomic E-state index is -0.854. The molecule has 2 saturated carbocycles. The Balaban J connectivity index is 1.10. The zero-order valence-corrected chi connectivity index (χ0v) is 19.9. The van der Waals surface area contributed by atoms with Gasteiger partial charge in [0.15, 0.2) is 0 Å². The number of rotatable bonds is 8. The lowest BCUT2D eigenvalue weighted by atomic mass is 9.71. The van der Waals surface area contributed by atoms with Gasteiger partial charge in [0.25, 0.3) is 0 Å². The Hall–Kier alpha value is -3.35. The molecular formula is C28H32N2O5. The summed E-state index contributed by atoms with van der Waals surface area (Å²) in [5, 5.41) is 14.8. The van der Waals surface area contributed by atoms with Crippen molar-refractivity contribution in [2.24, 2.45) is 23.7 Å². The predicted molar refractivity (Wildman–Crippen MR) is 131 cm³/mol. The molecule has 0 bridgehead atoms. The van der Waals surface area contributed by atoms with Crippen molar-refractivity contribution >= 4 is 18.0 Å². The molecule has 184 valence electrons. The second-order valence-corrected chi connectivity index (χ2v) is 10.4. The van der Waals surface area contributed by atoms with Gasteiger partial charge in [-0.3, -0.25) is 9.59 Å². The molecular weight excluding hydrogens is 444 g/mol. The number of ether oxygens (including phenoxy) is 1. The van der Waals surface area contributed by atoms with Gasteiger partial charge in [-0.1, -0.05) is 55.5 Å². The largest absolute Gasteiger partial charge is 0.481 e. The molecule has 0 spiro atoms. The summed E-state index contributed by atoms with van der Waals surface area (Å²) >= 11 is 0. The molecule has 0 heterocycles. The molecule has 0 saturated heterocycles. The number of amides is 2. The third-order valence-corrected chi connectivity index (χ3v) is 7.99. The summed E-state index contributed by atoms with van der Waals surface area (Å²) in [7, 11) is 0. The molecule has 5 rings (SSSR count). The van der Waals surface area contributed by atoms with E-state index in [-0.39, 0.29) is 36.1 Å². The van der Waals surface area contributed by atoms with Crippen LogP contribution in [0.25, 0.3) is 11.1 Å². The van der Waals surface area contributed by atoms with Crippen LogP contribution in [-0.2, 0) is 14.3 Å². The van der Waals surface area contributed by atoms with Crippen molar-refractivity contribution in [2.45, 2.75) is 44.6 Å². The van der Waals surface area contributed by atoms with Crippen molar-refractivity contribution in [1.29, 1.82) is 0 Å². The van der Waals surface area contributed by atoms with Crippen LogP contribution in [0.5, 0.6) is 0 Å². The van der Waals surface area contributed by atoms with Gasteiger partial charge in [-0.25, -0.2) is 4.79 Å². The fourth-order valence-electron chi connectivity index (χ4n) is 6.19. The first-order chi connectivity index (χ1) is 16.9. The number of benzene rings is 2. The first-order valence-electron chi connectivity index (χ1n) is 12.5. The zero-order valence-electron chi connectivity index (χ0n) is 19.9. The van der Waals surface area contributed by atoms with E-state index in [0.29, 0.717) is 25.0 Å². The van der Waals surface area contributed by atoms with E-state index in [1.165, 1.54) is 22.3 Å². The highest BCUT2D eigenvalue weighted by atomic mass is 16.5. The predicted octanol–water partition coefficient (Wildman–Crippen LogP) is 4.17. The van der Waals surface area contributed by atoms with Crippen LogP contribution in [0.2, 0.25) is 0 Å². The second-order valence-electron chi connectivity index (χ2n) is 10.4. The summed E-state index contributed by atoms with van der Waals surface area (Å²) in [4.78, 5) is 36.0. The van der Waals surface area contributed by atoms with Gasteiger partial charge in [0.05, 0.1) is 0 Å². The topological polar surface area (TPSA) is 105 Å². The Bertz CT molecular complexity index is 1090. The van der Waals surface area contributed by atoms with Crippen molar-refractivity contribution in [2.75, 3.05) is 13.2 Å². The molecule has 2 aromatic rings. The van der Waals surface area contributed by atoms with Crippen molar-refractivity contribution in [3.63, 3.8) is 0 Å². The molecule has 7 heteroatoms. The van der Waals surface area contributed by atoms with Gasteiger partial charge in [0.2, 0.25) is 5.91 Å². The number of aliphatic carboxylic acids is 1. The van der Waals surface area contributed by atoms with E-state index >= 15 is 0 Å². The van der Waals surface area contributed by atoms with Crippen LogP contribution in [0.4, 0.5) is 4.79 Å². The molecule has 3 N–H and O–H groups in total. The van der Waals surface area contributed by atoms with E-state index < -0.39 is 12.1 Å². The van der Waals surface area contributed by atoms with Crippen LogP contribution in [0.1, 0.15) is 49.7 Å². The van der Waals surface area contributed by atoms with E-state index in [0.717, 1.165) is 19.3 Å². The van der Waals surface area contributed by atoms with Crippen molar-refractivity contribution < 1.29 is 24.2 Å². The molecule has 2 amide bonds. The van der Waals surface area contributed by atoms with E-state index in [1.54, 1.807) is 0 Å². The first kappa shape index (κ1) is 23.4. The Morgan fingerprint density at radius 3 is 2.31 bits per heavy atom. The van der Waals surface area contributed by atoms with Crippen LogP contribution in [0, 0.1) is 23.7 Å². The highest BCUT2D eigenvalue weighted by Crippen LogP contribution is 2.50. The molecule has 7 nitrogen and oxygen atoms in total. The smallest absolute Gasteiger partial charge is 0.407 e. The lowest BCUT2D eigenvalue weighted by Gasteiger charge is -2.40. The number of fused-ring (bicyclic) bond motifs is 4. The quantitative estimate of drug-likeness (QED) is 0.531. The summed E-state index contributed by atoms with van der Waals surface area (Å²) < 4.78 is 5.69. The van der Waals surface area contributed by atoms with Crippen LogP contribution in [-0.4, -0.2) is 42.3 Å². The zero-order chi connectivity index (χ0) is 24.5. The van der Waals surface area contributed by atoms with Crippen LogP contribution in [0.15, 0.2) is 48.5 Å². The lowest BCUT2D eigenvalue weighted by molar-refractivity contribution is -0.138. The van der Waals surface area contributed by atoms with Crippen molar-refractivity contribution in [3.05, 3.63) is 59.7 Å². The summed E-state index contributed by atoms with van der Waals surface area (Å²) in [5.74, 6) is -0.257. The number of nitrogens with one attached hydrogen (secondary N) is 2. The number of carboxylic acids is 1. The molecule has 3 aliphatic rings. The number of hydrogen-bond acceptors (Lipinski definition) is 4. The average molecular weight is 477 g/mol. The SMILES string of the molecule is CC(CNC(=O)C1C[C@H]2C[C@@H](NC(=O)OCC3c4ccccc4-c4ccccc43)[C@H]2C1)CC(=O)O. The highest BCUT2D eigenvalue weighted by molar-refractivity contribution is 5.80. The van der Waals surface area contributed by atoms with Crippen molar-refractivity contribution in [3.8, 4) is 11.1 Å². The third-order valence-electron chi connectivity index (χ3n) is 7.99. The van der Waals surface area contributed by atoms with E-state index in [1.807, 2.05) is 31.2 Å². The minimum Gasteiger partial charge on any atom is -0.481 e. The number of carbonyl (C=O) groups excluding carboxylic acids is 2. The fourth-order valence-corrected chi connectivity index (χ4v) is 6.19.